The molecule has 1 amide bonds. The Balaban J connectivity index is 1.68. The Labute approximate surface area is 126 Å². The van der Waals surface area contributed by atoms with Crippen LogP contribution in [-0.2, 0) is 5.75 Å². The van der Waals surface area contributed by atoms with Crippen LogP contribution in [-0.4, -0.2) is 29.0 Å². The molecule has 0 atom stereocenters. The van der Waals surface area contributed by atoms with Crippen LogP contribution in [0.2, 0.25) is 0 Å². The van der Waals surface area contributed by atoms with Crippen LogP contribution >= 0.6 is 23.1 Å². The first-order chi connectivity index (χ1) is 9.66. The van der Waals surface area contributed by atoms with Crippen molar-refractivity contribution in [3.8, 4) is 0 Å². The molecule has 0 aliphatic heterocycles. The first kappa shape index (κ1) is 14.9. The minimum atomic E-state index is -0.172. The fourth-order valence-electron chi connectivity index (χ4n) is 1.63. The molecule has 2 aromatic heterocycles. The van der Waals surface area contributed by atoms with E-state index in [0.29, 0.717) is 17.8 Å². The second kappa shape index (κ2) is 7.31. The van der Waals surface area contributed by atoms with Crippen molar-refractivity contribution < 1.29 is 9.59 Å². The van der Waals surface area contributed by atoms with E-state index in [0.717, 1.165) is 11.5 Å². The number of H-pyrrole nitrogens is 1. The number of hydrogen-bond acceptors (Lipinski definition) is 4. The van der Waals surface area contributed by atoms with Gasteiger partial charge < -0.3 is 10.3 Å². The van der Waals surface area contributed by atoms with Gasteiger partial charge in [0.15, 0.2) is 5.78 Å². The number of ketones is 1. The van der Waals surface area contributed by atoms with Gasteiger partial charge in [-0.05, 0) is 24.4 Å². The molecule has 106 valence electrons. The Hall–Kier alpha value is -1.53. The van der Waals surface area contributed by atoms with Crippen molar-refractivity contribution in [3.05, 3.63) is 45.9 Å². The molecule has 2 N–H and O–H groups in total. The van der Waals surface area contributed by atoms with Gasteiger partial charge in [-0.1, -0.05) is 6.07 Å². The molecular weight excluding hydrogens is 292 g/mol. The van der Waals surface area contributed by atoms with Crippen molar-refractivity contribution in [2.24, 2.45) is 0 Å². The van der Waals surface area contributed by atoms with Gasteiger partial charge in [0.05, 0.1) is 0 Å². The second-order valence-corrected chi connectivity index (χ2v) is 6.38. The minimum Gasteiger partial charge on any atom is -0.356 e. The zero-order valence-corrected chi connectivity index (χ0v) is 12.8. The molecule has 0 saturated carbocycles. The Kier molecular flexibility index (Phi) is 5.43. The summed E-state index contributed by atoms with van der Waals surface area (Å²) in [5.41, 5.74) is 0.959. The number of carbonyl (C=O) groups excluding carboxylic acids is 2. The molecular formula is C14H16N2O2S2. The maximum Gasteiger partial charge on any atom is 0.267 e. The van der Waals surface area contributed by atoms with Crippen LogP contribution in [0.4, 0.5) is 0 Å². The van der Waals surface area contributed by atoms with Gasteiger partial charge in [0.2, 0.25) is 0 Å². The van der Waals surface area contributed by atoms with Gasteiger partial charge in [-0.25, -0.2) is 0 Å². The van der Waals surface area contributed by atoms with Crippen LogP contribution in [0.1, 0.15) is 32.6 Å². The van der Waals surface area contributed by atoms with Crippen LogP contribution < -0.4 is 5.32 Å². The maximum atomic E-state index is 11.8. The van der Waals surface area contributed by atoms with E-state index in [2.05, 4.69) is 21.7 Å². The summed E-state index contributed by atoms with van der Waals surface area (Å²) < 4.78 is 0. The first-order valence-electron chi connectivity index (χ1n) is 6.24. The lowest BCUT2D eigenvalue weighted by atomic mass is 10.2. The smallest absolute Gasteiger partial charge is 0.267 e. The summed E-state index contributed by atoms with van der Waals surface area (Å²) in [5.74, 6) is 1.62. The molecule has 0 unspecified atom stereocenters. The maximum absolute atomic E-state index is 11.8. The summed E-state index contributed by atoms with van der Waals surface area (Å²) in [6, 6.07) is 5.73. The molecule has 0 aromatic carbocycles. The van der Waals surface area contributed by atoms with Gasteiger partial charge in [-0.2, -0.15) is 11.8 Å². The number of carbonyl (C=O) groups is 2. The van der Waals surface area contributed by atoms with Crippen molar-refractivity contribution in [1.82, 2.24) is 10.3 Å². The molecule has 20 heavy (non-hydrogen) atoms. The Morgan fingerprint density at radius 1 is 1.45 bits per heavy atom. The van der Waals surface area contributed by atoms with E-state index in [1.54, 1.807) is 35.4 Å². The number of hydrogen-bond donors (Lipinski definition) is 2. The normalized spacial score (nSPS) is 10.4. The number of rotatable bonds is 7. The molecule has 0 fully saturated rings. The molecule has 4 nitrogen and oxygen atoms in total. The molecule has 0 radical (unpaired) electrons. The number of aromatic nitrogens is 1. The van der Waals surface area contributed by atoms with Gasteiger partial charge in [-0.3, -0.25) is 9.59 Å². The van der Waals surface area contributed by atoms with Crippen molar-refractivity contribution in [2.75, 3.05) is 12.3 Å². The fourth-order valence-corrected chi connectivity index (χ4v) is 3.33. The lowest BCUT2D eigenvalue weighted by molar-refractivity contribution is 0.0951. The van der Waals surface area contributed by atoms with E-state index in [-0.39, 0.29) is 11.7 Å². The predicted molar refractivity (Wildman–Crippen MR) is 83.6 cm³/mol. The average molecular weight is 308 g/mol. The summed E-state index contributed by atoms with van der Waals surface area (Å²) in [6.07, 6.45) is 1.56. The minimum absolute atomic E-state index is 0.0493. The number of thioether (sulfide) groups is 1. The summed E-state index contributed by atoms with van der Waals surface area (Å²) in [6.45, 7) is 2.09. The highest BCUT2D eigenvalue weighted by Gasteiger charge is 2.09. The van der Waals surface area contributed by atoms with Gasteiger partial charge >= 0.3 is 0 Å². The SMILES string of the molecule is CC(=O)c1c[nH]c(C(=O)NCCSCc2cccs2)c1. The highest BCUT2D eigenvalue weighted by atomic mass is 32.2. The lowest BCUT2D eigenvalue weighted by Gasteiger charge is -2.03. The van der Waals surface area contributed by atoms with Crippen LogP contribution in [0, 0.1) is 0 Å². The van der Waals surface area contributed by atoms with Crippen LogP contribution in [0.15, 0.2) is 29.8 Å². The number of amides is 1. The zero-order valence-electron chi connectivity index (χ0n) is 11.1. The van der Waals surface area contributed by atoms with E-state index in [9.17, 15) is 9.59 Å². The van der Waals surface area contributed by atoms with Gasteiger partial charge in [0.1, 0.15) is 5.69 Å². The standard InChI is InChI=1S/C14H16N2O2S2/c1-10(17)11-7-13(16-8-11)14(18)15-4-6-19-9-12-3-2-5-20-12/h2-3,5,7-8,16H,4,6,9H2,1H3,(H,15,18). The topological polar surface area (TPSA) is 62.0 Å². The van der Waals surface area contributed by atoms with Crippen LogP contribution in [0.5, 0.6) is 0 Å². The van der Waals surface area contributed by atoms with Gasteiger partial charge in [0, 0.05) is 34.7 Å². The van der Waals surface area contributed by atoms with Crippen molar-refractivity contribution >= 4 is 34.8 Å². The fraction of sp³-hybridized carbons (Fsp3) is 0.286. The monoisotopic (exact) mass is 308 g/mol. The molecule has 2 rings (SSSR count). The third-order valence-electron chi connectivity index (χ3n) is 2.69. The molecule has 0 bridgehead atoms. The average Bonchev–Trinajstić information content (AvgIpc) is 3.09. The molecule has 0 spiro atoms. The summed E-state index contributed by atoms with van der Waals surface area (Å²) >= 11 is 3.53. The van der Waals surface area contributed by atoms with Gasteiger partial charge in [0.25, 0.3) is 5.91 Å². The van der Waals surface area contributed by atoms with Crippen molar-refractivity contribution in [3.63, 3.8) is 0 Å². The number of Topliss-reactive ketones (excluding diaryl/α,β-unsaturated/α-hetero) is 1. The summed E-state index contributed by atoms with van der Waals surface area (Å²) in [5, 5.41) is 4.90. The Morgan fingerprint density at radius 2 is 2.30 bits per heavy atom. The van der Waals surface area contributed by atoms with Crippen molar-refractivity contribution in [2.45, 2.75) is 12.7 Å². The molecule has 0 aliphatic rings. The molecule has 6 heteroatoms. The zero-order chi connectivity index (χ0) is 14.4. The summed E-state index contributed by atoms with van der Waals surface area (Å²) in [7, 11) is 0. The van der Waals surface area contributed by atoms with E-state index < -0.39 is 0 Å². The predicted octanol–water partition coefficient (Wildman–Crippen LogP) is 2.94. The summed E-state index contributed by atoms with van der Waals surface area (Å²) in [4.78, 5) is 27.1. The molecule has 2 heterocycles. The number of aromatic amines is 1. The van der Waals surface area contributed by atoms with E-state index >= 15 is 0 Å². The molecule has 2 aromatic rings. The number of thiophene rings is 1. The highest BCUT2D eigenvalue weighted by Crippen LogP contribution is 2.16. The molecule has 0 saturated heterocycles. The highest BCUT2D eigenvalue weighted by molar-refractivity contribution is 7.98. The quantitative estimate of drug-likeness (QED) is 0.610. The van der Waals surface area contributed by atoms with Crippen molar-refractivity contribution in [1.29, 1.82) is 0 Å². The van der Waals surface area contributed by atoms with E-state index in [4.69, 9.17) is 0 Å². The van der Waals surface area contributed by atoms with Crippen LogP contribution in [0.25, 0.3) is 0 Å². The first-order valence-corrected chi connectivity index (χ1v) is 8.28. The Morgan fingerprint density at radius 3 is 2.95 bits per heavy atom. The Bertz CT molecular complexity index is 576. The van der Waals surface area contributed by atoms with E-state index in [1.165, 1.54) is 11.8 Å². The third kappa shape index (κ3) is 4.25. The lowest BCUT2D eigenvalue weighted by Crippen LogP contribution is -2.26. The second-order valence-electron chi connectivity index (χ2n) is 4.25. The molecule has 0 aliphatic carbocycles. The van der Waals surface area contributed by atoms with E-state index in [1.807, 2.05) is 6.07 Å². The third-order valence-corrected chi connectivity index (χ3v) is 4.76. The van der Waals surface area contributed by atoms with Gasteiger partial charge in [-0.15, -0.1) is 11.3 Å². The number of nitrogens with one attached hydrogen (secondary N) is 2. The van der Waals surface area contributed by atoms with Crippen LogP contribution in [0.3, 0.4) is 0 Å². The largest absolute Gasteiger partial charge is 0.356 e.